The quantitative estimate of drug-likeness (QED) is 0.0340. The zero-order chi connectivity index (χ0) is 42.4. The Morgan fingerprint density at radius 2 is 1.45 bits per heavy atom. The number of H-pyrrole nitrogens is 1. The Morgan fingerprint density at radius 3 is 2.12 bits per heavy atom. The average molecular weight is 804 g/mol. The molecule has 1 fully saturated rings. The molecular weight excluding hydrogens is 750 g/mol. The van der Waals surface area contributed by atoms with E-state index in [-0.39, 0.29) is 64.0 Å². The van der Waals surface area contributed by atoms with Crippen molar-refractivity contribution < 1.29 is 38.7 Å². The van der Waals surface area contributed by atoms with E-state index in [9.17, 15) is 38.7 Å². The first-order valence-electron chi connectivity index (χ1n) is 19.1. The Labute approximate surface area is 335 Å². The zero-order valence-corrected chi connectivity index (χ0v) is 32.3. The first-order chi connectivity index (χ1) is 27.6. The molecule has 2 aromatic carbocycles. The van der Waals surface area contributed by atoms with Crippen LogP contribution in [0.1, 0.15) is 56.6 Å². The number of carbonyl (C=O) groups excluding carboxylic acids is 6. The predicted molar refractivity (Wildman–Crippen MR) is 214 cm³/mol. The summed E-state index contributed by atoms with van der Waals surface area (Å²) in [5.74, 6) is -5.74. The molecule has 19 heteroatoms. The van der Waals surface area contributed by atoms with Gasteiger partial charge in [0.05, 0.1) is 6.04 Å². The third-order valence-corrected chi connectivity index (χ3v) is 9.81. The molecule has 1 aromatic heterocycles. The minimum Gasteiger partial charge on any atom is -0.480 e. The van der Waals surface area contributed by atoms with Crippen LogP contribution in [0.15, 0.2) is 65.8 Å². The van der Waals surface area contributed by atoms with Crippen LogP contribution in [0.2, 0.25) is 0 Å². The van der Waals surface area contributed by atoms with Gasteiger partial charge in [-0.15, -0.1) is 0 Å². The van der Waals surface area contributed by atoms with E-state index in [4.69, 9.17) is 22.9 Å². The highest BCUT2D eigenvalue weighted by Crippen LogP contribution is 2.20. The van der Waals surface area contributed by atoms with Gasteiger partial charge in [-0.3, -0.25) is 33.8 Å². The maximum absolute atomic E-state index is 14.1. The largest absolute Gasteiger partial charge is 0.480 e. The van der Waals surface area contributed by atoms with Crippen LogP contribution in [0.25, 0.3) is 10.9 Å². The van der Waals surface area contributed by atoms with Crippen molar-refractivity contribution in [1.82, 2.24) is 31.2 Å². The summed E-state index contributed by atoms with van der Waals surface area (Å²) < 4.78 is 0. The standard InChI is InChI=1S/C39H53N11O8/c1-22(37(56)50-18-8-14-31(50)38(57)58)46-34(53)29(15-16-32(41)51)48-35(54)28(13-7-17-44-39(42)43)47-36(55)30(19-23-9-3-2-4-10-23)49-33(52)26(40)20-24-21-45-27-12-6-5-11-25(24)27/h2-6,9-12,21-22,26,28-31,45H,7-8,13-20,40H2,1H3,(H2,41,51)(H,46,53)(H,47,55)(H,48,54)(H,49,52)(H,57,58)(H4,42,43,44)/t22-,26-,28-,29-,30-,31-/m0/s1. The van der Waals surface area contributed by atoms with Crippen LogP contribution in [0.3, 0.4) is 0 Å². The lowest BCUT2D eigenvalue weighted by molar-refractivity contribution is -0.149. The van der Waals surface area contributed by atoms with Gasteiger partial charge >= 0.3 is 5.97 Å². The van der Waals surface area contributed by atoms with Gasteiger partial charge in [0.2, 0.25) is 35.4 Å². The number of primary amides is 1. The monoisotopic (exact) mass is 803 g/mol. The number of nitrogens with zero attached hydrogens (tertiary/aromatic N) is 2. The van der Waals surface area contributed by atoms with Crippen molar-refractivity contribution in [3.63, 3.8) is 0 Å². The molecule has 2 heterocycles. The number of carbonyl (C=O) groups is 7. The lowest BCUT2D eigenvalue weighted by Crippen LogP contribution is -2.59. The summed E-state index contributed by atoms with van der Waals surface area (Å²) in [5, 5.41) is 21.0. The number of rotatable bonds is 21. The number of hydrogen-bond acceptors (Lipinski definition) is 9. The highest BCUT2D eigenvalue weighted by molar-refractivity contribution is 5.97. The van der Waals surface area contributed by atoms with Gasteiger partial charge in [-0.25, -0.2) is 4.79 Å². The van der Waals surface area contributed by atoms with Gasteiger partial charge in [0.25, 0.3) is 0 Å². The number of amides is 6. The van der Waals surface area contributed by atoms with Crippen LogP contribution in [0.4, 0.5) is 0 Å². The Bertz CT molecular complexity index is 1970. The van der Waals surface area contributed by atoms with Crippen molar-refractivity contribution in [2.24, 2.45) is 27.9 Å². The predicted octanol–water partition coefficient (Wildman–Crippen LogP) is -1.37. The van der Waals surface area contributed by atoms with Gasteiger partial charge in [-0.1, -0.05) is 48.5 Å². The maximum atomic E-state index is 14.1. The Hall–Kier alpha value is -6.50. The van der Waals surface area contributed by atoms with Gasteiger partial charge < -0.3 is 59.2 Å². The SMILES string of the molecule is C[C@H](NC(=O)[C@H](CCC(N)=O)NC(=O)[C@H](CCCN=C(N)N)NC(=O)[C@H](Cc1ccccc1)NC(=O)[C@@H](N)Cc1c[nH]c2ccccc12)C(=O)N1CCC[C@H]1C(=O)O. The molecular formula is C39H53N11O8. The second kappa shape index (κ2) is 21.1. The van der Waals surface area contributed by atoms with Crippen LogP contribution in [-0.4, -0.2) is 112 Å². The molecule has 0 bridgehead atoms. The summed E-state index contributed by atoms with van der Waals surface area (Å²) in [7, 11) is 0. The molecule has 6 amide bonds. The van der Waals surface area contributed by atoms with Gasteiger partial charge in [0, 0.05) is 43.0 Å². The Balaban J connectivity index is 1.52. The topological polar surface area (TPSA) is 323 Å². The lowest BCUT2D eigenvalue weighted by atomic mass is 10.0. The molecule has 1 saturated heterocycles. The number of aliphatic imine (C=N–C) groups is 1. The van der Waals surface area contributed by atoms with E-state index in [1.165, 1.54) is 11.8 Å². The fourth-order valence-electron chi connectivity index (χ4n) is 6.75. The van der Waals surface area contributed by atoms with Gasteiger partial charge in [0.15, 0.2) is 5.96 Å². The average Bonchev–Trinajstić information content (AvgIpc) is 3.85. The molecule has 1 aliphatic rings. The van der Waals surface area contributed by atoms with Gasteiger partial charge in [0.1, 0.15) is 30.2 Å². The van der Waals surface area contributed by atoms with E-state index in [1.807, 2.05) is 24.3 Å². The van der Waals surface area contributed by atoms with E-state index in [1.54, 1.807) is 36.5 Å². The van der Waals surface area contributed by atoms with Crippen LogP contribution in [0, 0.1) is 0 Å². The Morgan fingerprint density at radius 1 is 0.828 bits per heavy atom. The molecule has 312 valence electrons. The Kier molecular flexibility index (Phi) is 16.1. The third kappa shape index (κ3) is 12.8. The summed E-state index contributed by atoms with van der Waals surface area (Å²) in [4.78, 5) is 99.9. The number of benzene rings is 2. The molecule has 3 aromatic rings. The van der Waals surface area contributed by atoms with Crippen molar-refractivity contribution in [2.75, 3.05) is 13.1 Å². The molecule has 0 aliphatic carbocycles. The minimum absolute atomic E-state index is 0.0228. The smallest absolute Gasteiger partial charge is 0.326 e. The van der Waals surface area contributed by atoms with E-state index >= 15 is 0 Å². The van der Waals surface area contributed by atoms with Crippen molar-refractivity contribution in [3.8, 4) is 0 Å². The number of guanidine groups is 1. The number of para-hydroxylation sites is 1. The first-order valence-corrected chi connectivity index (χ1v) is 19.1. The van der Waals surface area contributed by atoms with E-state index in [0.29, 0.717) is 12.0 Å². The first kappa shape index (κ1) is 44.2. The normalized spacial score (nSPS) is 16.2. The van der Waals surface area contributed by atoms with E-state index in [0.717, 1.165) is 16.5 Å². The molecule has 4 rings (SSSR count). The van der Waals surface area contributed by atoms with Gasteiger partial charge in [-0.05, 0) is 62.6 Å². The summed E-state index contributed by atoms with van der Waals surface area (Å²) in [5.41, 5.74) is 25.1. The highest BCUT2D eigenvalue weighted by atomic mass is 16.4. The summed E-state index contributed by atoms with van der Waals surface area (Å²) in [6, 6.07) is 9.30. The number of aromatic nitrogens is 1. The molecule has 19 nitrogen and oxygen atoms in total. The summed E-state index contributed by atoms with van der Waals surface area (Å²) in [6.07, 6.45) is 2.32. The van der Waals surface area contributed by atoms with Crippen molar-refractivity contribution in [3.05, 3.63) is 71.9 Å². The molecule has 1 aliphatic heterocycles. The van der Waals surface area contributed by atoms with E-state index in [2.05, 4.69) is 31.2 Å². The number of carboxylic acids is 1. The van der Waals surface area contributed by atoms with Crippen molar-refractivity contribution in [1.29, 1.82) is 0 Å². The fraction of sp³-hybridized carbons (Fsp3) is 0.436. The summed E-state index contributed by atoms with van der Waals surface area (Å²) >= 11 is 0. The lowest BCUT2D eigenvalue weighted by Gasteiger charge is -2.28. The van der Waals surface area contributed by atoms with Crippen LogP contribution >= 0.6 is 0 Å². The number of hydrogen-bond donors (Lipinski definition) is 10. The van der Waals surface area contributed by atoms with Crippen LogP contribution < -0.4 is 44.2 Å². The molecule has 6 atom stereocenters. The molecule has 0 radical (unpaired) electrons. The second-order valence-corrected chi connectivity index (χ2v) is 14.3. The number of likely N-dealkylation sites (tertiary alicyclic amines) is 1. The van der Waals surface area contributed by atoms with Crippen LogP contribution in [0.5, 0.6) is 0 Å². The number of carboxylic acid groups (broad SMARTS) is 1. The summed E-state index contributed by atoms with van der Waals surface area (Å²) in [6.45, 7) is 1.67. The third-order valence-electron chi connectivity index (χ3n) is 9.81. The second-order valence-electron chi connectivity index (χ2n) is 14.3. The maximum Gasteiger partial charge on any atom is 0.326 e. The zero-order valence-electron chi connectivity index (χ0n) is 32.3. The molecule has 58 heavy (non-hydrogen) atoms. The van der Waals surface area contributed by atoms with Crippen molar-refractivity contribution >= 4 is 58.3 Å². The molecule has 14 N–H and O–H groups in total. The number of nitrogens with two attached hydrogens (primary N) is 4. The minimum atomic E-state index is -1.40. The van der Waals surface area contributed by atoms with E-state index < -0.39 is 77.7 Å². The number of aliphatic carboxylic acids is 1. The number of fused-ring (bicyclic) bond motifs is 1. The molecule has 0 spiro atoms. The van der Waals surface area contributed by atoms with Gasteiger partial charge in [-0.2, -0.15) is 0 Å². The molecule has 0 unspecified atom stereocenters. The van der Waals surface area contributed by atoms with Crippen molar-refractivity contribution in [2.45, 2.75) is 94.5 Å². The number of aromatic amines is 1. The molecule has 0 saturated carbocycles. The fourth-order valence-corrected chi connectivity index (χ4v) is 6.75. The number of nitrogens with one attached hydrogen (secondary N) is 5. The van der Waals surface area contributed by atoms with Crippen LogP contribution in [-0.2, 0) is 46.4 Å². The highest BCUT2D eigenvalue weighted by Gasteiger charge is 2.37.